The zero-order valence-electron chi connectivity index (χ0n) is 14.6. The van der Waals surface area contributed by atoms with E-state index in [0.29, 0.717) is 6.54 Å². The number of carbonyl (C=O) groups excluding carboxylic acids is 1. The van der Waals surface area contributed by atoms with E-state index in [9.17, 15) is 9.59 Å². The third-order valence-electron chi connectivity index (χ3n) is 4.49. The van der Waals surface area contributed by atoms with Gasteiger partial charge in [0, 0.05) is 30.6 Å². The van der Waals surface area contributed by atoms with E-state index in [-0.39, 0.29) is 24.1 Å². The van der Waals surface area contributed by atoms with E-state index in [0.717, 1.165) is 41.9 Å². The van der Waals surface area contributed by atoms with Crippen LogP contribution in [0.5, 0.6) is 0 Å². The molecule has 0 saturated carbocycles. The van der Waals surface area contributed by atoms with Gasteiger partial charge < -0.3 is 14.6 Å². The van der Waals surface area contributed by atoms with Crippen molar-refractivity contribution in [3.63, 3.8) is 0 Å². The standard InChI is InChI=1S/C19H23N3O3/c1-13-4-3-5-16(20-13)11-22-17-8-7-15(21-18(23)12-25-2)10-14(17)6-9-19(22)24/h3-6,9,15H,7-8,10-12H2,1-2H3,(H,21,23)/t15-/m0/s1. The number of pyridine rings is 2. The Kier molecular flexibility index (Phi) is 5.28. The van der Waals surface area contributed by atoms with Gasteiger partial charge in [0.25, 0.3) is 5.56 Å². The number of nitrogens with one attached hydrogen (secondary N) is 1. The molecular formula is C19H23N3O3. The van der Waals surface area contributed by atoms with Crippen LogP contribution in [-0.4, -0.2) is 35.2 Å². The third-order valence-corrected chi connectivity index (χ3v) is 4.49. The number of rotatable bonds is 5. The van der Waals surface area contributed by atoms with E-state index in [2.05, 4.69) is 10.3 Å². The Morgan fingerprint density at radius 3 is 2.96 bits per heavy atom. The molecule has 0 unspecified atom stereocenters. The van der Waals surface area contributed by atoms with E-state index in [4.69, 9.17) is 4.74 Å². The highest BCUT2D eigenvalue weighted by atomic mass is 16.5. The number of hydrogen-bond acceptors (Lipinski definition) is 4. The zero-order valence-corrected chi connectivity index (χ0v) is 14.6. The third kappa shape index (κ3) is 4.14. The fourth-order valence-electron chi connectivity index (χ4n) is 3.37. The van der Waals surface area contributed by atoms with Crippen LogP contribution in [0, 0.1) is 6.92 Å². The zero-order chi connectivity index (χ0) is 17.8. The summed E-state index contributed by atoms with van der Waals surface area (Å²) in [6, 6.07) is 9.41. The number of nitrogens with zero attached hydrogens (tertiary/aromatic N) is 2. The number of hydrogen-bond donors (Lipinski definition) is 1. The van der Waals surface area contributed by atoms with Gasteiger partial charge in [-0.1, -0.05) is 12.1 Å². The van der Waals surface area contributed by atoms with Gasteiger partial charge in [0.05, 0.1) is 12.2 Å². The summed E-state index contributed by atoms with van der Waals surface area (Å²) in [5.41, 5.74) is 3.97. The summed E-state index contributed by atoms with van der Waals surface area (Å²) in [6.07, 6.45) is 2.30. The van der Waals surface area contributed by atoms with Crippen molar-refractivity contribution in [3.8, 4) is 0 Å². The molecule has 1 amide bonds. The molecule has 0 saturated heterocycles. The maximum absolute atomic E-state index is 12.4. The second kappa shape index (κ2) is 7.61. The molecule has 3 rings (SSSR count). The first-order valence-corrected chi connectivity index (χ1v) is 8.49. The van der Waals surface area contributed by atoms with E-state index in [1.807, 2.05) is 35.8 Å². The minimum absolute atomic E-state index is 0.0103. The summed E-state index contributed by atoms with van der Waals surface area (Å²) >= 11 is 0. The predicted molar refractivity (Wildman–Crippen MR) is 94.6 cm³/mol. The Balaban J connectivity index is 1.81. The van der Waals surface area contributed by atoms with Gasteiger partial charge in [0.15, 0.2) is 0 Å². The lowest BCUT2D eigenvalue weighted by molar-refractivity contribution is -0.125. The molecule has 1 aliphatic carbocycles. The lowest BCUT2D eigenvalue weighted by Gasteiger charge is -2.27. The minimum Gasteiger partial charge on any atom is -0.375 e. The maximum atomic E-state index is 12.4. The number of methoxy groups -OCH3 is 1. The highest BCUT2D eigenvalue weighted by Gasteiger charge is 2.23. The minimum atomic E-state index is -0.103. The highest BCUT2D eigenvalue weighted by molar-refractivity contribution is 5.77. The molecule has 0 fully saturated rings. The monoisotopic (exact) mass is 341 g/mol. The van der Waals surface area contributed by atoms with Crippen molar-refractivity contribution in [2.24, 2.45) is 0 Å². The Morgan fingerprint density at radius 2 is 2.20 bits per heavy atom. The number of ether oxygens (including phenoxy) is 1. The highest BCUT2D eigenvalue weighted by Crippen LogP contribution is 2.21. The first kappa shape index (κ1) is 17.4. The smallest absolute Gasteiger partial charge is 0.251 e. The van der Waals surface area contributed by atoms with Gasteiger partial charge in [0.1, 0.15) is 6.61 Å². The lowest BCUT2D eigenvalue weighted by Crippen LogP contribution is -2.42. The van der Waals surface area contributed by atoms with Crippen LogP contribution in [0.4, 0.5) is 0 Å². The molecule has 6 heteroatoms. The molecule has 0 aromatic carbocycles. The normalized spacial score (nSPS) is 16.3. The van der Waals surface area contributed by atoms with Crippen molar-refractivity contribution >= 4 is 5.91 Å². The lowest BCUT2D eigenvalue weighted by atomic mass is 9.91. The molecule has 2 heterocycles. The number of amides is 1. The molecule has 132 valence electrons. The molecule has 2 aromatic heterocycles. The van der Waals surface area contributed by atoms with Crippen molar-refractivity contribution in [2.45, 2.75) is 38.8 Å². The van der Waals surface area contributed by atoms with Crippen LogP contribution < -0.4 is 10.9 Å². The van der Waals surface area contributed by atoms with Crippen LogP contribution >= 0.6 is 0 Å². The quantitative estimate of drug-likeness (QED) is 0.887. The van der Waals surface area contributed by atoms with E-state index < -0.39 is 0 Å². The van der Waals surface area contributed by atoms with E-state index >= 15 is 0 Å². The van der Waals surface area contributed by atoms with Crippen molar-refractivity contribution in [3.05, 3.63) is 63.3 Å². The molecule has 2 aromatic rings. The van der Waals surface area contributed by atoms with Gasteiger partial charge in [-0.15, -0.1) is 0 Å². The molecule has 0 radical (unpaired) electrons. The summed E-state index contributed by atoms with van der Waals surface area (Å²) in [6.45, 7) is 2.49. The second-order valence-electron chi connectivity index (χ2n) is 6.44. The number of fused-ring (bicyclic) bond motifs is 1. The van der Waals surface area contributed by atoms with Crippen molar-refractivity contribution in [2.75, 3.05) is 13.7 Å². The first-order chi connectivity index (χ1) is 12.1. The fourth-order valence-corrected chi connectivity index (χ4v) is 3.37. The first-order valence-electron chi connectivity index (χ1n) is 8.49. The van der Waals surface area contributed by atoms with Gasteiger partial charge in [-0.3, -0.25) is 14.6 Å². The Bertz CT molecular complexity index is 829. The summed E-state index contributed by atoms with van der Waals surface area (Å²) in [7, 11) is 1.51. The van der Waals surface area contributed by atoms with Crippen LogP contribution in [0.25, 0.3) is 0 Å². The Hall–Kier alpha value is -2.47. The molecule has 1 N–H and O–H groups in total. The van der Waals surface area contributed by atoms with E-state index in [1.54, 1.807) is 6.07 Å². The maximum Gasteiger partial charge on any atom is 0.251 e. The molecule has 0 aliphatic heterocycles. The van der Waals surface area contributed by atoms with Crippen LogP contribution in [0.2, 0.25) is 0 Å². The van der Waals surface area contributed by atoms with Crippen LogP contribution in [-0.2, 0) is 28.9 Å². The summed E-state index contributed by atoms with van der Waals surface area (Å²) in [5, 5.41) is 2.99. The van der Waals surface area contributed by atoms with E-state index in [1.165, 1.54) is 7.11 Å². The number of carbonyl (C=O) groups is 1. The van der Waals surface area contributed by atoms with Gasteiger partial charge in [0.2, 0.25) is 5.91 Å². The van der Waals surface area contributed by atoms with Crippen molar-refractivity contribution in [1.82, 2.24) is 14.9 Å². The summed E-state index contributed by atoms with van der Waals surface area (Å²) in [4.78, 5) is 28.6. The molecule has 1 atom stereocenters. The molecule has 25 heavy (non-hydrogen) atoms. The Labute approximate surface area is 146 Å². The van der Waals surface area contributed by atoms with Gasteiger partial charge in [-0.25, -0.2) is 0 Å². The predicted octanol–water partition coefficient (Wildman–Crippen LogP) is 1.22. The topological polar surface area (TPSA) is 73.2 Å². The van der Waals surface area contributed by atoms with Gasteiger partial charge >= 0.3 is 0 Å². The molecule has 6 nitrogen and oxygen atoms in total. The largest absolute Gasteiger partial charge is 0.375 e. The second-order valence-corrected chi connectivity index (χ2v) is 6.44. The SMILES string of the molecule is COCC(=O)N[C@H]1CCc2c(ccc(=O)n2Cc2cccc(C)n2)C1. The van der Waals surface area contributed by atoms with Gasteiger partial charge in [-0.2, -0.15) is 0 Å². The van der Waals surface area contributed by atoms with Crippen LogP contribution in [0.1, 0.15) is 29.1 Å². The summed E-state index contributed by atoms with van der Waals surface area (Å²) in [5.74, 6) is -0.103. The fraction of sp³-hybridized carbons (Fsp3) is 0.421. The van der Waals surface area contributed by atoms with Crippen molar-refractivity contribution in [1.29, 1.82) is 0 Å². The molecular weight excluding hydrogens is 318 g/mol. The Morgan fingerprint density at radius 1 is 1.36 bits per heavy atom. The van der Waals surface area contributed by atoms with Gasteiger partial charge in [-0.05, 0) is 43.9 Å². The van der Waals surface area contributed by atoms with Crippen LogP contribution in [0.3, 0.4) is 0 Å². The average molecular weight is 341 g/mol. The molecule has 1 aliphatic rings. The molecule has 0 spiro atoms. The van der Waals surface area contributed by atoms with Crippen LogP contribution in [0.15, 0.2) is 35.1 Å². The number of aryl methyl sites for hydroxylation is 1. The summed E-state index contributed by atoms with van der Waals surface area (Å²) < 4.78 is 6.67. The molecule has 0 bridgehead atoms. The van der Waals surface area contributed by atoms with Crippen molar-refractivity contribution < 1.29 is 9.53 Å². The average Bonchev–Trinajstić information content (AvgIpc) is 2.58. The number of aromatic nitrogens is 2.